The second-order valence-electron chi connectivity index (χ2n) is 7.61. The third-order valence-corrected chi connectivity index (χ3v) is 8.81. The highest BCUT2D eigenvalue weighted by Crippen LogP contribution is 2.66. The van der Waals surface area contributed by atoms with Gasteiger partial charge in [-0.05, 0) is 26.8 Å². The van der Waals surface area contributed by atoms with Crippen LogP contribution in [0.3, 0.4) is 0 Å². The fourth-order valence-corrected chi connectivity index (χ4v) is 6.82. The predicted molar refractivity (Wildman–Crippen MR) is 118 cm³/mol. The molecule has 0 spiro atoms. The molecule has 2 aromatic rings. The van der Waals surface area contributed by atoms with Crippen molar-refractivity contribution in [2.45, 2.75) is 50.9 Å². The first-order valence-corrected chi connectivity index (χ1v) is 14.3. The topological polar surface area (TPSA) is 260 Å². The average molecular weight is 573 g/mol. The molecule has 1 fully saturated rings. The Morgan fingerprint density at radius 1 is 1.22 bits per heavy atom. The van der Waals surface area contributed by atoms with Crippen LogP contribution in [0.5, 0.6) is 0 Å². The normalized spacial score (nSPS) is 28.8. The van der Waals surface area contributed by atoms with E-state index in [1.165, 1.54) is 30.7 Å². The van der Waals surface area contributed by atoms with Gasteiger partial charge in [0.05, 0.1) is 11.5 Å². The number of aliphatic hydroxyl groups excluding tert-OH is 1. The summed E-state index contributed by atoms with van der Waals surface area (Å²) in [5.41, 5.74) is -2.79. The van der Waals surface area contributed by atoms with Crippen molar-refractivity contribution in [3.8, 4) is 11.8 Å². The largest absolute Gasteiger partial charge is 0.490 e. The number of H-pyrrole nitrogens is 1. The summed E-state index contributed by atoms with van der Waals surface area (Å²) in [5, 5.41) is 22.2. The molecule has 2 aromatic heterocycles. The Balaban J connectivity index is 1.92. The highest BCUT2D eigenvalue weighted by molar-refractivity contribution is 7.66. The lowest BCUT2D eigenvalue weighted by atomic mass is 9.93. The second-order valence-corrected chi connectivity index (χ2v) is 12.0. The van der Waals surface area contributed by atoms with E-state index in [0.29, 0.717) is 0 Å². The van der Waals surface area contributed by atoms with Gasteiger partial charge in [-0.2, -0.15) is 8.62 Å². The molecule has 3 rings (SSSR count). The lowest BCUT2D eigenvalue weighted by Crippen LogP contribution is -2.47. The van der Waals surface area contributed by atoms with Crippen LogP contribution in [0.15, 0.2) is 17.1 Å². The summed E-state index contributed by atoms with van der Waals surface area (Å²) in [5.74, 6) is 5.06. The van der Waals surface area contributed by atoms with Crippen LogP contribution in [0.1, 0.15) is 25.9 Å². The summed E-state index contributed by atoms with van der Waals surface area (Å²) in [4.78, 5) is 55.3. The molecule has 0 aromatic carbocycles. The number of aryl methyl sites for hydroxylation is 1. The zero-order valence-electron chi connectivity index (χ0n) is 18.6. The standard InChI is InChI=1S/C16H22N3O14P3/c1-4-6-16(22)12(20)11(8(2)31-35(26,27)33-36(28,29)32-34(23,24)25)30-15(16)19-7-5-10-13(19)17-9(3)18-14(10)21/h5,7-8,11-12,15,20,22H,1-3H3,(H,26,27)(H,28,29)(H,17,18,21)(H2,23,24,25)/t8-,11+,12-,15+,16?/m0/s1. The van der Waals surface area contributed by atoms with Gasteiger partial charge in [0, 0.05) is 6.20 Å². The van der Waals surface area contributed by atoms with Gasteiger partial charge in [-0.1, -0.05) is 5.92 Å². The molecule has 20 heteroatoms. The van der Waals surface area contributed by atoms with Crippen LogP contribution in [0.25, 0.3) is 11.0 Å². The highest BCUT2D eigenvalue weighted by Gasteiger charge is 2.58. The molecule has 0 saturated carbocycles. The molecule has 17 nitrogen and oxygen atoms in total. The number of nitrogens with zero attached hydrogens (tertiary/aromatic N) is 2. The minimum atomic E-state index is -5.78. The Morgan fingerprint density at radius 2 is 1.86 bits per heavy atom. The van der Waals surface area contributed by atoms with E-state index in [1.807, 2.05) is 0 Å². The van der Waals surface area contributed by atoms with Crippen molar-refractivity contribution >= 4 is 34.5 Å². The van der Waals surface area contributed by atoms with Gasteiger partial charge in [0.2, 0.25) is 0 Å². The lowest BCUT2D eigenvalue weighted by molar-refractivity contribution is -0.0829. The predicted octanol–water partition coefficient (Wildman–Crippen LogP) is -0.222. The zero-order valence-corrected chi connectivity index (χ0v) is 21.3. The number of aromatic amines is 1. The first kappa shape index (κ1) is 28.8. The van der Waals surface area contributed by atoms with Crippen LogP contribution < -0.4 is 5.56 Å². The number of ether oxygens (including phenoxy) is 1. The molecule has 0 radical (unpaired) electrons. The van der Waals surface area contributed by atoms with Gasteiger partial charge in [-0.3, -0.25) is 9.32 Å². The van der Waals surface area contributed by atoms with Crippen molar-refractivity contribution in [3.63, 3.8) is 0 Å². The van der Waals surface area contributed by atoms with Crippen molar-refractivity contribution in [1.29, 1.82) is 0 Å². The van der Waals surface area contributed by atoms with Crippen LogP contribution in [0.4, 0.5) is 0 Å². The van der Waals surface area contributed by atoms with Gasteiger partial charge in [0.1, 0.15) is 23.7 Å². The summed E-state index contributed by atoms with van der Waals surface area (Å²) in [7, 11) is -17.0. The maximum absolute atomic E-state index is 12.2. The molecule has 1 saturated heterocycles. The molecular weight excluding hydrogens is 551 g/mol. The van der Waals surface area contributed by atoms with E-state index in [0.717, 1.165) is 6.92 Å². The number of hydrogen-bond acceptors (Lipinski definition) is 11. The Kier molecular flexibility index (Phi) is 7.90. The maximum atomic E-state index is 12.2. The van der Waals surface area contributed by atoms with Gasteiger partial charge in [0.25, 0.3) is 5.56 Å². The summed E-state index contributed by atoms with van der Waals surface area (Å²) >= 11 is 0. The first-order valence-electron chi connectivity index (χ1n) is 9.78. The Hall–Kier alpha value is -1.73. The van der Waals surface area contributed by atoms with E-state index >= 15 is 0 Å². The number of rotatable bonds is 8. The third-order valence-electron chi connectivity index (χ3n) is 4.88. The maximum Gasteiger partial charge on any atom is 0.490 e. The quantitative estimate of drug-likeness (QED) is 0.159. The Morgan fingerprint density at radius 3 is 2.44 bits per heavy atom. The number of phosphoric ester groups is 1. The van der Waals surface area contributed by atoms with Crippen molar-refractivity contribution in [2.24, 2.45) is 0 Å². The molecule has 3 unspecified atom stereocenters. The first-order chi connectivity index (χ1) is 16.4. The van der Waals surface area contributed by atoms with E-state index in [4.69, 9.17) is 19.0 Å². The molecule has 200 valence electrons. The summed E-state index contributed by atoms with van der Waals surface area (Å²) in [6, 6.07) is 1.37. The average Bonchev–Trinajstić information content (AvgIpc) is 3.18. The van der Waals surface area contributed by atoms with Crippen molar-refractivity contribution < 1.29 is 61.4 Å². The van der Waals surface area contributed by atoms with Crippen molar-refractivity contribution in [2.75, 3.05) is 0 Å². The fourth-order valence-electron chi connectivity index (χ4n) is 3.62. The van der Waals surface area contributed by atoms with E-state index in [1.54, 1.807) is 0 Å². The SMILES string of the molecule is CC#CC1(O)[C@@H](O)[C@@H]([C@H](C)OP(=O)(O)OP(=O)(O)OP(=O)(O)O)O[C@H]1n1ccc2c(=O)[nH]c(C)nc21. The molecule has 1 aliphatic rings. The number of nitrogens with one attached hydrogen (secondary N) is 1. The number of fused-ring (bicyclic) bond motifs is 1. The van der Waals surface area contributed by atoms with Gasteiger partial charge >= 0.3 is 23.5 Å². The molecule has 0 aliphatic carbocycles. The lowest BCUT2D eigenvalue weighted by Gasteiger charge is -2.27. The second kappa shape index (κ2) is 9.86. The number of phosphoric acid groups is 3. The van der Waals surface area contributed by atoms with Gasteiger partial charge < -0.3 is 44.1 Å². The van der Waals surface area contributed by atoms with Crippen molar-refractivity contribution in [1.82, 2.24) is 14.5 Å². The Bertz CT molecular complexity index is 1420. The summed E-state index contributed by atoms with van der Waals surface area (Å²) < 4.78 is 53.5. The summed E-state index contributed by atoms with van der Waals surface area (Å²) in [6.07, 6.45) is -5.41. The van der Waals surface area contributed by atoms with Gasteiger partial charge in [-0.25, -0.2) is 18.7 Å². The van der Waals surface area contributed by atoms with E-state index in [2.05, 4.69) is 30.4 Å². The smallest absolute Gasteiger partial charge is 0.386 e. The molecule has 7 atom stereocenters. The zero-order chi connectivity index (χ0) is 27.3. The number of hydrogen-bond donors (Lipinski definition) is 7. The van der Waals surface area contributed by atoms with E-state index in [-0.39, 0.29) is 16.9 Å². The molecule has 0 bridgehead atoms. The fraction of sp³-hybridized carbons (Fsp3) is 0.500. The monoisotopic (exact) mass is 573 g/mol. The number of aromatic nitrogens is 3. The molecule has 3 heterocycles. The van der Waals surface area contributed by atoms with Gasteiger partial charge in [-0.15, -0.1) is 5.92 Å². The van der Waals surface area contributed by atoms with Crippen molar-refractivity contribution in [3.05, 3.63) is 28.4 Å². The summed E-state index contributed by atoms with van der Waals surface area (Å²) in [6.45, 7) is 3.93. The third kappa shape index (κ3) is 6.04. The van der Waals surface area contributed by atoms with E-state index in [9.17, 15) is 38.5 Å². The molecule has 7 N–H and O–H groups in total. The number of aliphatic hydroxyl groups is 2. The van der Waals surface area contributed by atoms with Crippen LogP contribution >= 0.6 is 23.5 Å². The molecular formula is C16H22N3O14P3. The molecule has 1 aliphatic heterocycles. The van der Waals surface area contributed by atoms with Crippen LogP contribution in [-0.4, -0.2) is 68.2 Å². The minimum absolute atomic E-state index is 0.0611. The van der Waals surface area contributed by atoms with Crippen LogP contribution in [-0.2, 0) is 31.6 Å². The highest BCUT2D eigenvalue weighted by atomic mass is 31.3. The van der Waals surface area contributed by atoms with Crippen LogP contribution in [0.2, 0.25) is 0 Å². The molecule has 0 amide bonds. The van der Waals surface area contributed by atoms with Gasteiger partial charge in [0.15, 0.2) is 11.8 Å². The Labute approximate surface area is 202 Å². The van der Waals surface area contributed by atoms with Crippen LogP contribution in [0, 0.1) is 18.8 Å². The minimum Gasteiger partial charge on any atom is -0.386 e. The molecule has 36 heavy (non-hydrogen) atoms. The van der Waals surface area contributed by atoms with E-state index < -0.39 is 59.2 Å².